The normalized spacial score (nSPS) is 15.6. The predicted octanol–water partition coefficient (Wildman–Crippen LogP) is 4.74. The van der Waals surface area contributed by atoms with E-state index >= 15 is 0 Å². The summed E-state index contributed by atoms with van der Waals surface area (Å²) >= 11 is 3.63. The Labute approximate surface area is 191 Å². The summed E-state index contributed by atoms with van der Waals surface area (Å²) < 4.78 is 0.990. The first-order chi connectivity index (χ1) is 15.1. The Morgan fingerprint density at radius 3 is 2.45 bits per heavy atom. The lowest BCUT2D eigenvalue weighted by molar-refractivity contribution is -0.134. The Kier molecular flexibility index (Phi) is 6.97. The molecule has 5 nitrogen and oxygen atoms in total. The zero-order valence-electron chi connectivity index (χ0n) is 17.3. The molecule has 6 heteroatoms. The number of Topliss-reactive ketones (excluding diaryl/α,β-unsaturated/α-hetero) is 1. The Bertz CT molecular complexity index is 1010. The Hall–Kier alpha value is -2.73. The number of aromatic amines is 1. The summed E-state index contributed by atoms with van der Waals surface area (Å²) in [7, 11) is 0. The molecule has 2 heterocycles. The van der Waals surface area contributed by atoms with E-state index in [2.05, 4.69) is 25.9 Å². The van der Waals surface area contributed by atoms with Crippen LogP contribution in [0.3, 0.4) is 0 Å². The number of likely N-dealkylation sites (tertiary alicyclic amines) is 1. The highest BCUT2D eigenvalue weighted by Crippen LogP contribution is 2.34. The molecule has 31 heavy (non-hydrogen) atoms. The zero-order chi connectivity index (χ0) is 21.6. The molecule has 2 aromatic carbocycles. The van der Waals surface area contributed by atoms with E-state index in [-0.39, 0.29) is 23.5 Å². The van der Waals surface area contributed by atoms with Gasteiger partial charge in [-0.3, -0.25) is 9.59 Å². The van der Waals surface area contributed by atoms with Gasteiger partial charge in [-0.15, -0.1) is 0 Å². The van der Waals surface area contributed by atoms with Crippen molar-refractivity contribution in [2.45, 2.75) is 31.6 Å². The van der Waals surface area contributed by atoms with Crippen molar-refractivity contribution in [3.63, 3.8) is 0 Å². The maximum atomic E-state index is 13.2. The summed E-state index contributed by atoms with van der Waals surface area (Å²) in [6.07, 6.45) is 5.75. The van der Waals surface area contributed by atoms with Crippen LogP contribution in [0.5, 0.6) is 0 Å². The molecule has 1 saturated heterocycles. The quantitative estimate of drug-likeness (QED) is 0.531. The maximum absolute atomic E-state index is 13.2. The van der Waals surface area contributed by atoms with Crippen LogP contribution in [-0.2, 0) is 16.0 Å². The van der Waals surface area contributed by atoms with Crippen LogP contribution >= 0.6 is 15.9 Å². The number of aromatic nitrogens is 2. The van der Waals surface area contributed by atoms with E-state index in [0.29, 0.717) is 25.9 Å². The molecule has 1 unspecified atom stereocenters. The number of nitrogens with one attached hydrogen (secondary N) is 1. The Morgan fingerprint density at radius 2 is 1.77 bits per heavy atom. The molecule has 1 N–H and O–H groups in total. The van der Waals surface area contributed by atoms with Gasteiger partial charge >= 0.3 is 0 Å². The highest BCUT2D eigenvalue weighted by Gasteiger charge is 2.30. The number of halogens is 1. The van der Waals surface area contributed by atoms with Gasteiger partial charge in [-0.1, -0.05) is 64.5 Å². The molecular formula is C25H26BrN3O2. The summed E-state index contributed by atoms with van der Waals surface area (Å²) in [5.41, 5.74) is 3.05. The fourth-order valence-corrected chi connectivity index (χ4v) is 4.86. The molecule has 1 fully saturated rings. The molecular weight excluding hydrogens is 454 g/mol. The minimum atomic E-state index is -0.0664. The average Bonchev–Trinajstić information content (AvgIpc) is 3.33. The second-order valence-electron chi connectivity index (χ2n) is 8.07. The molecule has 1 atom stereocenters. The average molecular weight is 480 g/mol. The first-order valence-electron chi connectivity index (χ1n) is 10.7. The second-order valence-corrected chi connectivity index (χ2v) is 8.92. The predicted molar refractivity (Wildman–Crippen MR) is 124 cm³/mol. The fraction of sp³-hybridized carbons (Fsp3) is 0.320. The minimum absolute atomic E-state index is 0.00585. The molecule has 160 valence electrons. The summed E-state index contributed by atoms with van der Waals surface area (Å²) in [6.45, 7) is 1.29. The highest BCUT2D eigenvalue weighted by molar-refractivity contribution is 9.10. The SMILES string of the molecule is O=C(CC(c1cnc[nH]1)c1ccccc1Br)C1CCN(C(=O)Cc2ccccc2)CC1. The molecule has 0 saturated carbocycles. The second kappa shape index (κ2) is 10.1. The van der Waals surface area contributed by atoms with Crippen LogP contribution < -0.4 is 0 Å². The number of imidazole rings is 1. The summed E-state index contributed by atoms with van der Waals surface area (Å²) in [4.78, 5) is 35.1. The van der Waals surface area contributed by atoms with Crippen molar-refractivity contribution in [3.8, 4) is 0 Å². The molecule has 1 amide bonds. The molecule has 1 aliphatic rings. The lowest BCUT2D eigenvalue weighted by atomic mass is 9.84. The largest absolute Gasteiger partial charge is 0.348 e. The van der Waals surface area contributed by atoms with Crippen LogP contribution in [0, 0.1) is 5.92 Å². The molecule has 1 aromatic heterocycles. The van der Waals surface area contributed by atoms with Crippen molar-refractivity contribution in [3.05, 3.63) is 88.4 Å². The molecule has 3 aromatic rings. The van der Waals surface area contributed by atoms with E-state index in [4.69, 9.17) is 0 Å². The Morgan fingerprint density at radius 1 is 1.06 bits per heavy atom. The van der Waals surface area contributed by atoms with Crippen LogP contribution in [0.1, 0.15) is 42.0 Å². The third-order valence-electron chi connectivity index (χ3n) is 6.08. The van der Waals surface area contributed by atoms with Crippen molar-refractivity contribution in [2.24, 2.45) is 5.92 Å². The molecule has 1 aliphatic heterocycles. The van der Waals surface area contributed by atoms with Crippen LogP contribution in [-0.4, -0.2) is 39.6 Å². The van der Waals surface area contributed by atoms with Gasteiger partial charge in [0.1, 0.15) is 5.78 Å². The Balaban J connectivity index is 1.37. The topological polar surface area (TPSA) is 66.1 Å². The number of carbonyl (C=O) groups is 2. The van der Waals surface area contributed by atoms with Crippen molar-refractivity contribution in [1.82, 2.24) is 14.9 Å². The van der Waals surface area contributed by atoms with Gasteiger partial charge in [0.05, 0.1) is 12.7 Å². The van der Waals surface area contributed by atoms with Crippen LogP contribution in [0.25, 0.3) is 0 Å². The van der Waals surface area contributed by atoms with Crippen LogP contribution in [0.2, 0.25) is 0 Å². The summed E-state index contributed by atoms with van der Waals surface area (Å²) in [5.74, 6) is 0.322. The number of hydrogen-bond acceptors (Lipinski definition) is 3. The minimum Gasteiger partial charge on any atom is -0.348 e. The van der Waals surface area contributed by atoms with Gasteiger partial charge in [-0.2, -0.15) is 0 Å². The highest BCUT2D eigenvalue weighted by atomic mass is 79.9. The van der Waals surface area contributed by atoms with Gasteiger partial charge in [-0.05, 0) is 30.0 Å². The molecule has 4 rings (SSSR count). The number of ketones is 1. The molecule has 0 bridgehead atoms. The first kappa shape index (κ1) is 21.5. The number of H-pyrrole nitrogens is 1. The van der Waals surface area contributed by atoms with Crippen molar-refractivity contribution < 1.29 is 9.59 Å². The zero-order valence-corrected chi connectivity index (χ0v) is 18.9. The van der Waals surface area contributed by atoms with Crippen LogP contribution in [0.4, 0.5) is 0 Å². The van der Waals surface area contributed by atoms with Gasteiger partial charge in [-0.25, -0.2) is 4.98 Å². The van der Waals surface area contributed by atoms with E-state index in [1.54, 1.807) is 12.5 Å². The number of benzene rings is 2. The smallest absolute Gasteiger partial charge is 0.226 e. The lowest BCUT2D eigenvalue weighted by Crippen LogP contribution is -2.41. The van der Waals surface area contributed by atoms with Gasteiger partial charge in [0.2, 0.25) is 5.91 Å². The van der Waals surface area contributed by atoms with Gasteiger partial charge in [0, 0.05) is 47.7 Å². The third kappa shape index (κ3) is 5.31. The monoisotopic (exact) mass is 479 g/mol. The summed E-state index contributed by atoms with van der Waals surface area (Å²) in [6, 6.07) is 17.8. The number of nitrogens with zero attached hydrogens (tertiary/aromatic N) is 2. The number of rotatable bonds is 7. The number of hydrogen-bond donors (Lipinski definition) is 1. The summed E-state index contributed by atoms with van der Waals surface area (Å²) in [5, 5.41) is 0. The fourth-order valence-electron chi connectivity index (χ4n) is 4.30. The number of piperidine rings is 1. The van der Waals surface area contributed by atoms with E-state index in [1.165, 1.54) is 0 Å². The van der Waals surface area contributed by atoms with E-state index in [0.717, 1.165) is 34.1 Å². The third-order valence-corrected chi connectivity index (χ3v) is 6.80. The molecule has 0 radical (unpaired) electrons. The van der Waals surface area contributed by atoms with E-state index in [1.807, 2.05) is 59.5 Å². The van der Waals surface area contributed by atoms with Crippen molar-refractivity contribution in [2.75, 3.05) is 13.1 Å². The van der Waals surface area contributed by atoms with E-state index in [9.17, 15) is 9.59 Å². The number of carbonyl (C=O) groups excluding carboxylic acids is 2. The molecule has 0 spiro atoms. The lowest BCUT2D eigenvalue weighted by Gasteiger charge is -2.32. The van der Waals surface area contributed by atoms with Crippen LogP contribution in [0.15, 0.2) is 71.6 Å². The van der Waals surface area contributed by atoms with Gasteiger partial charge < -0.3 is 9.88 Å². The number of amides is 1. The first-order valence-corrected chi connectivity index (χ1v) is 11.5. The van der Waals surface area contributed by atoms with E-state index < -0.39 is 0 Å². The van der Waals surface area contributed by atoms with Gasteiger partial charge in [0.25, 0.3) is 0 Å². The maximum Gasteiger partial charge on any atom is 0.226 e. The molecule has 0 aliphatic carbocycles. The van der Waals surface area contributed by atoms with Crippen molar-refractivity contribution in [1.29, 1.82) is 0 Å². The standard InChI is InChI=1S/C25H26BrN3O2/c26-22-9-5-4-8-20(22)21(23-16-27-17-28-23)15-24(30)19-10-12-29(13-11-19)25(31)14-18-6-2-1-3-7-18/h1-9,16-17,19,21H,10-15H2,(H,27,28). The van der Waals surface area contributed by atoms with Crippen molar-refractivity contribution >= 4 is 27.6 Å². The van der Waals surface area contributed by atoms with Gasteiger partial charge in [0.15, 0.2) is 0 Å².